The molecular formula is C19H29NO. The maximum Gasteiger partial charge on any atom is 0.119 e. The number of hydrogen-bond acceptors (Lipinski definition) is 2. The molecule has 0 unspecified atom stereocenters. The van der Waals surface area contributed by atoms with Gasteiger partial charge in [0.15, 0.2) is 0 Å². The van der Waals surface area contributed by atoms with Crippen molar-refractivity contribution in [3.63, 3.8) is 0 Å². The van der Waals surface area contributed by atoms with Crippen molar-refractivity contribution in [2.75, 3.05) is 25.1 Å². The Morgan fingerprint density at radius 1 is 1.19 bits per heavy atom. The van der Waals surface area contributed by atoms with E-state index in [0.29, 0.717) is 0 Å². The topological polar surface area (TPSA) is 12.5 Å². The first-order valence-corrected chi connectivity index (χ1v) is 7.95. The quantitative estimate of drug-likeness (QED) is 0.578. The minimum Gasteiger partial charge on any atom is -0.497 e. The molecule has 0 aliphatic carbocycles. The van der Waals surface area contributed by atoms with Gasteiger partial charge in [0.1, 0.15) is 5.75 Å². The molecule has 1 rings (SSSR count). The lowest BCUT2D eigenvalue weighted by atomic mass is 10.1. The summed E-state index contributed by atoms with van der Waals surface area (Å²) in [6.07, 6.45) is 10.2. The van der Waals surface area contributed by atoms with E-state index in [4.69, 9.17) is 4.74 Å². The fourth-order valence-corrected chi connectivity index (χ4v) is 2.17. The summed E-state index contributed by atoms with van der Waals surface area (Å²) in [5.74, 6) is 0.909. The molecule has 0 spiro atoms. The van der Waals surface area contributed by atoms with Gasteiger partial charge in [-0.05, 0) is 49.6 Å². The fraction of sp³-hybridized carbons (Fsp3) is 0.474. The standard InChI is InChI=1S/C19H29NO/c1-5-8-10-17(7-3)16-20(15-9-6-2)18-11-13-19(21-4)14-12-18/h7-8,10-14H,5-6,9,15-16H2,1-4H3/b10-8-,17-7+. The van der Waals surface area contributed by atoms with E-state index in [2.05, 4.69) is 56.0 Å². The minimum absolute atomic E-state index is 0.909. The van der Waals surface area contributed by atoms with Crippen LogP contribution in [-0.4, -0.2) is 20.2 Å². The van der Waals surface area contributed by atoms with Crippen LogP contribution in [0.15, 0.2) is 48.1 Å². The van der Waals surface area contributed by atoms with E-state index in [1.165, 1.54) is 24.1 Å². The second-order valence-corrected chi connectivity index (χ2v) is 5.15. The molecule has 21 heavy (non-hydrogen) atoms. The van der Waals surface area contributed by atoms with Crippen molar-refractivity contribution in [3.05, 3.63) is 48.1 Å². The number of unbranched alkanes of at least 4 members (excludes halogenated alkanes) is 1. The molecule has 0 heterocycles. The minimum atomic E-state index is 0.909. The van der Waals surface area contributed by atoms with Gasteiger partial charge in [0.2, 0.25) is 0 Å². The van der Waals surface area contributed by atoms with Crippen LogP contribution in [0, 0.1) is 0 Å². The smallest absolute Gasteiger partial charge is 0.119 e. The lowest BCUT2D eigenvalue weighted by Crippen LogP contribution is -2.26. The Morgan fingerprint density at radius 3 is 2.43 bits per heavy atom. The van der Waals surface area contributed by atoms with Crippen LogP contribution in [-0.2, 0) is 0 Å². The number of anilines is 1. The zero-order valence-corrected chi connectivity index (χ0v) is 13.9. The number of benzene rings is 1. The van der Waals surface area contributed by atoms with E-state index in [1.807, 2.05) is 12.1 Å². The average Bonchev–Trinajstić information content (AvgIpc) is 2.54. The first kappa shape index (κ1) is 17.4. The van der Waals surface area contributed by atoms with E-state index in [1.54, 1.807) is 7.11 Å². The molecule has 0 saturated heterocycles. The predicted molar refractivity (Wildman–Crippen MR) is 93.3 cm³/mol. The van der Waals surface area contributed by atoms with Gasteiger partial charge in [-0.2, -0.15) is 0 Å². The van der Waals surface area contributed by atoms with Crippen LogP contribution in [0.3, 0.4) is 0 Å². The van der Waals surface area contributed by atoms with Crippen molar-refractivity contribution in [1.82, 2.24) is 0 Å². The molecule has 0 saturated carbocycles. The van der Waals surface area contributed by atoms with Crippen molar-refractivity contribution in [2.24, 2.45) is 0 Å². The lowest BCUT2D eigenvalue weighted by molar-refractivity contribution is 0.415. The van der Waals surface area contributed by atoms with E-state index in [-0.39, 0.29) is 0 Å². The summed E-state index contributed by atoms with van der Waals surface area (Å²) in [7, 11) is 1.71. The highest BCUT2D eigenvalue weighted by Gasteiger charge is 2.07. The Morgan fingerprint density at radius 2 is 1.90 bits per heavy atom. The summed E-state index contributed by atoms with van der Waals surface area (Å²) in [6.45, 7) is 8.56. The van der Waals surface area contributed by atoms with Crippen molar-refractivity contribution in [1.29, 1.82) is 0 Å². The van der Waals surface area contributed by atoms with Gasteiger partial charge >= 0.3 is 0 Å². The molecule has 0 bridgehead atoms. The summed E-state index contributed by atoms with van der Waals surface area (Å²) in [4.78, 5) is 2.44. The van der Waals surface area contributed by atoms with Crippen LogP contribution in [0.1, 0.15) is 40.0 Å². The summed E-state index contributed by atoms with van der Waals surface area (Å²) in [5.41, 5.74) is 2.62. The van der Waals surface area contributed by atoms with Crippen LogP contribution < -0.4 is 9.64 Å². The van der Waals surface area contributed by atoms with Crippen LogP contribution >= 0.6 is 0 Å². The molecule has 0 fully saturated rings. The molecule has 2 heteroatoms. The number of ether oxygens (including phenoxy) is 1. The Labute approximate surface area is 130 Å². The zero-order chi connectivity index (χ0) is 15.5. The molecule has 116 valence electrons. The normalized spacial score (nSPS) is 11.9. The van der Waals surface area contributed by atoms with E-state index < -0.39 is 0 Å². The van der Waals surface area contributed by atoms with Crippen LogP contribution in [0.2, 0.25) is 0 Å². The Bertz CT molecular complexity index is 445. The first-order chi connectivity index (χ1) is 10.2. The maximum absolute atomic E-state index is 5.24. The SMILES string of the molecule is C/C=C(\C=C/CC)CN(CCCC)c1ccc(OC)cc1. The van der Waals surface area contributed by atoms with Gasteiger partial charge in [-0.25, -0.2) is 0 Å². The van der Waals surface area contributed by atoms with Crippen molar-refractivity contribution >= 4 is 5.69 Å². The number of allylic oxidation sites excluding steroid dienone is 2. The van der Waals surface area contributed by atoms with Crippen LogP contribution in [0.5, 0.6) is 5.75 Å². The molecular weight excluding hydrogens is 258 g/mol. The number of nitrogens with zero attached hydrogens (tertiary/aromatic N) is 1. The van der Waals surface area contributed by atoms with Crippen LogP contribution in [0.25, 0.3) is 0 Å². The third-order valence-electron chi connectivity index (χ3n) is 3.53. The highest BCUT2D eigenvalue weighted by Crippen LogP contribution is 2.21. The van der Waals surface area contributed by atoms with Gasteiger partial charge in [-0.3, -0.25) is 0 Å². The second-order valence-electron chi connectivity index (χ2n) is 5.15. The number of rotatable bonds is 9. The van der Waals surface area contributed by atoms with Crippen LogP contribution in [0.4, 0.5) is 5.69 Å². The van der Waals surface area contributed by atoms with Crippen molar-refractivity contribution in [3.8, 4) is 5.75 Å². The largest absolute Gasteiger partial charge is 0.497 e. The summed E-state index contributed by atoms with van der Waals surface area (Å²) in [5, 5.41) is 0. The molecule has 1 aromatic carbocycles. The third-order valence-corrected chi connectivity index (χ3v) is 3.53. The summed E-state index contributed by atoms with van der Waals surface area (Å²) < 4.78 is 5.24. The highest BCUT2D eigenvalue weighted by atomic mass is 16.5. The molecule has 0 amide bonds. The van der Waals surface area contributed by atoms with Crippen molar-refractivity contribution < 1.29 is 4.74 Å². The predicted octanol–water partition coefficient (Wildman–Crippen LogP) is 5.21. The van der Waals surface area contributed by atoms with Gasteiger partial charge in [0, 0.05) is 18.8 Å². The first-order valence-electron chi connectivity index (χ1n) is 7.95. The average molecular weight is 287 g/mol. The second kappa shape index (κ2) is 10.1. The van der Waals surface area contributed by atoms with E-state index in [9.17, 15) is 0 Å². The number of hydrogen-bond donors (Lipinski definition) is 0. The van der Waals surface area contributed by atoms with E-state index >= 15 is 0 Å². The van der Waals surface area contributed by atoms with Gasteiger partial charge in [0.25, 0.3) is 0 Å². The molecule has 2 nitrogen and oxygen atoms in total. The summed E-state index contributed by atoms with van der Waals surface area (Å²) in [6, 6.07) is 8.35. The monoisotopic (exact) mass is 287 g/mol. The van der Waals surface area contributed by atoms with Gasteiger partial charge < -0.3 is 9.64 Å². The van der Waals surface area contributed by atoms with Gasteiger partial charge in [-0.15, -0.1) is 0 Å². The maximum atomic E-state index is 5.24. The fourth-order valence-electron chi connectivity index (χ4n) is 2.17. The Balaban J connectivity index is 2.85. The molecule has 1 aromatic rings. The molecule has 0 aromatic heterocycles. The highest BCUT2D eigenvalue weighted by molar-refractivity contribution is 5.50. The Hall–Kier alpha value is -1.70. The zero-order valence-electron chi connectivity index (χ0n) is 13.9. The molecule has 0 aliphatic rings. The van der Waals surface area contributed by atoms with Gasteiger partial charge in [0.05, 0.1) is 7.11 Å². The molecule has 0 radical (unpaired) electrons. The Kier molecular flexibility index (Phi) is 8.34. The lowest BCUT2D eigenvalue weighted by Gasteiger charge is -2.25. The van der Waals surface area contributed by atoms with E-state index in [0.717, 1.165) is 25.3 Å². The number of methoxy groups -OCH3 is 1. The van der Waals surface area contributed by atoms with Crippen molar-refractivity contribution in [2.45, 2.75) is 40.0 Å². The third kappa shape index (κ3) is 6.07. The summed E-state index contributed by atoms with van der Waals surface area (Å²) >= 11 is 0. The van der Waals surface area contributed by atoms with Gasteiger partial charge in [-0.1, -0.05) is 38.5 Å². The molecule has 0 aliphatic heterocycles. The molecule has 0 N–H and O–H groups in total. The molecule has 0 atom stereocenters.